The highest BCUT2D eigenvalue weighted by Gasteiger charge is 2.42. The van der Waals surface area contributed by atoms with Gasteiger partial charge in [-0.1, -0.05) is 0 Å². The van der Waals surface area contributed by atoms with E-state index < -0.39 is 0 Å². The number of hydrogen-bond acceptors (Lipinski definition) is 5. The van der Waals surface area contributed by atoms with Gasteiger partial charge >= 0.3 is 0 Å². The fraction of sp³-hybridized carbons (Fsp3) is 0.737. The maximum atomic E-state index is 13.1. The Balaban J connectivity index is 1.65. The number of aromatic nitrogens is 2. The van der Waals surface area contributed by atoms with Crippen molar-refractivity contribution in [1.29, 1.82) is 0 Å². The Bertz CT molecular complexity index is 626. The first-order chi connectivity index (χ1) is 11.9. The third-order valence-corrected chi connectivity index (χ3v) is 6.02. The number of piperidine rings is 2. The molecule has 1 amide bonds. The van der Waals surface area contributed by atoms with Gasteiger partial charge in [0, 0.05) is 37.8 Å². The van der Waals surface area contributed by atoms with Crippen LogP contribution >= 0.6 is 0 Å². The van der Waals surface area contributed by atoms with Crippen molar-refractivity contribution < 1.29 is 4.79 Å². The molecule has 2 aliphatic rings. The summed E-state index contributed by atoms with van der Waals surface area (Å²) in [4.78, 5) is 26.5. The highest BCUT2D eigenvalue weighted by molar-refractivity contribution is 5.86. The van der Waals surface area contributed by atoms with Crippen LogP contribution in [0.3, 0.4) is 0 Å². The lowest BCUT2D eigenvalue weighted by atomic mass is 9.86. The summed E-state index contributed by atoms with van der Waals surface area (Å²) in [5.41, 5.74) is 0.778. The smallest absolute Gasteiger partial charge is 0.242 e. The predicted octanol–water partition coefficient (Wildman–Crippen LogP) is 2.41. The molecule has 0 bridgehead atoms. The number of nitrogens with one attached hydrogen (secondary N) is 1. The molecule has 0 aliphatic carbocycles. The molecule has 6 nitrogen and oxygen atoms in total. The standard InChI is InChI=1S/C19H31N5O/c1-14-21-16(13-17(20-3)22-14)15-7-11-24(12-8-15)18(25)19(2)9-5-6-10-23(19)4/h13,15H,5-12H2,1-4H3,(H,20,21,22)/t19-/m0/s1. The molecule has 2 fully saturated rings. The summed E-state index contributed by atoms with van der Waals surface area (Å²) < 4.78 is 0. The lowest BCUT2D eigenvalue weighted by Gasteiger charge is -2.45. The van der Waals surface area contributed by atoms with Crippen LogP contribution in [0.1, 0.15) is 56.5 Å². The Morgan fingerprint density at radius 2 is 1.96 bits per heavy atom. The Kier molecular flexibility index (Phi) is 5.27. The number of anilines is 1. The summed E-state index contributed by atoms with van der Waals surface area (Å²) >= 11 is 0. The molecule has 2 saturated heterocycles. The Morgan fingerprint density at radius 1 is 1.24 bits per heavy atom. The molecule has 3 rings (SSSR count). The first-order valence-corrected chi connectivity index (χ1v) is 9.48. The SMILES string of the molecule is CNc1cc(C2CCN(C(=O)[C@]3(C)CCCCN3C)CC2)nc(C)n1. The van der Waals surface area contributed by atoms with E-state index in [1.165, 1.54) is 6.42 Å². The van der Waals surface area contributed by atoms with Gasteiger partial charge in [-0.2, -0.15) is 0 Å². The van der Waals surface area contributed by atoms with Crippen LogP contribution in [-0.4, -0.2) is 64.9 Å². The minimum absolute atomic E-state index is 0.308. The van der Waals surface area contributed by atoms with Crippen LogP contribution in [0.15, 0.2) is 6.07 Å². The van der Waals surface area contributed by atoms with E-state index >= 15 is 0 Å². The lowest BCUT2D eigenvalue weighted by molar-refractivity contribution is -0.146. The van der Waals surface area contributed by atoms with Crippen LogP contribution in [0, 0.1) is 6.92 Å². The maximum Gasteiger partial charge on any atom is 0.242 e. The van der Waals surface area contributed by atoms with E-state index in [0.29, 0.717) is 11.8 Å². The number of amides is 1. The van der Waals surface area contributed by atoms with Crippen molar-refractivity contribution in [2.24, 2.45) is 0 Å². The summed E-state index contributed by atoms with van der Waals surface area (Å²) in [6, 6.07) is 2.05. The number of carbonyl (C=O) groups excluding carboxylic acids is 1. The summed E-state index contributed by atoms with van der Waals surface area (Å²) in [5, 5.41) is 3.11. The Labute approximate surface area is 151 Å². The molecular weight excluding hydrogens is 314 g/mol. The minimum atomic E-state index is -0.324. The van der Waals surface area contributed by atoms with E-state index in [0.717, 1.165) is 62.7 Å². The summed E-state index contributed by atoms with van der Waals surface area (Å²) in [6.07, 6.45) is 5.27. The zero-order chi connectivity index (χ0) is 18.0. The van der Waals surface area contributed by atoms with Crippen molar-refractivity contribution in [3.63, 3.8) is 0 Å². The number of rotatable bonds is 3. The predicted molar refractivity (Wildman–Crippen MR) is 99.8 cm³/mol. The van der Waals surface area contributed by atoms with E-state index in [1.54, 1.807) is 0 Å². The third-order valence-electron chi connectivity index (χ3n) is 6.02. The number of aryl methyl sites for hydroxylation is 1. The summed E-state index contributed by atoms with van der Waals surface area (Å²) in [5.74, 6) is 2.40. The van der Waals surface area contributed by atoms with Gasteiger partial charge in [0.25, 0.3) is 0 Å². The van der Waals surface area contributed by atoms with Crippen LogP contribution in [0.5, 0.6) is 0 Å². The van der Waals surface area contributed by atoms with E-state index in [2.05, 4.69) is 39.1 Å². The van der Waals surface area contributed by atoms with E-state index in [9.17, 15) is 4.79 Å². The second kappa shape index (κ2) is 7.28. The number of nitrogens with zero attached hydrogens (tertiary/aromatic N) is 4. The molecule has 1 aromatic rings. The van der Waals surface area contributed by atoms with Crippen molar-refractivity contribution in [2.45, 2.75) is 57.4 Å². The largest absolute Gasteiger partial charge is 0.373 e. The first-order valence-electron chi connectivity index (χ1n) is 9.48. The van der Waals surface area contributed by atoms with Gasteiger partial charge in [-0.3, -0.25) is 9.69 Å². The monoisotopic (exact) mass is 345 g/mol. The molecule has 6 heteroatoms. The van der Waals surface area contributed by atoms with Crippen molar-refractivity contribution in [3.05, 3.63) is 17.6 Å². The van der Waals surface area contributed by atoms with Crippen LogP contribution < -0.4 is 5.32 Å². The first kappa shape index (κ1) is 18.1. The lowest BCUT2D eigenvalue weighted by Crippen LogP contribution is -2.59. The number of likely N-dealkylation sites (N-methyl/N-ethyl adjacent to an activating group) is 1. The van der Waals surface area contributed by atoms with Crippen molar-refractivity contribution in [1.82, 2.24) is 19.8 Å². The summed E-state index contributed by atoms with van der Waals surface area (Å²) in [7, 11) is 3.97. The maximum absolute atomic E-state index is 13.1. The van der Waals surface area contributed by atoms with Crippen LogP contribution in [0.4, 0.5) is 5.82 Å². The highest BCUT2D eigenvalue weighted by atomic mass is 16.2. The molecule has 0 radical (unpaired) electrons. The van der Waals surface area contributed by atoms with Gasteiger partial charge in [0.1, 0.15) is 11.6 Å². The van der Waals surface area contributed by atoms with Gasteiger partial charge in [-0.25, -0.2) is 9.97 Å². The van der Waals surface area contributed by atoms with E-state index in [-0.39, 0.29) is 5.54 Å². The fourth-order valence-corrected chi connectivity index (χ4v) is 4.17. The molecule has 0 aromatic carbocycles. The average Bonchev–Trinajstić information content (AvgIpc) is 2.63. The number of likely N-dealkylation sites (tertiary alicyclic amines) is 2. The Hall–Kier alpha value is -1.69. The molecule has 138 valence electrons. The topological polar surface area (TPSA) is 61.4 Å². The van der Waals surface area contributed by atoms with Crippen LogP contribution in [0.25, 0.3) is 0 Å². The zero-order valence-electron chi connectivity index (χ0n) is 16.0. The molecular formula is C19H31N5O. The summed E-state index contributed by atoms with van der Waals surface area (Å²) in [6.45, 7) is 6.72. The molecule has 0 saturated carbocycles. The van der Waals surface area contributed by atoms with Gasteiger partial charge in [-0.15, -0.1) is 0 Å². The molecule has 1 atom stereocenters. The van der Waals surface area contributed by atoms with Crippen molar-refractivity contribution >= 4 is 11.7 Å². The van der Waals surface area contributed by atoms with Gasteiger partial charge in [0.2, 0.25) is 5.91 Å². The molecule has 0 unspecified atom stereocenters. The van der Waals surface area contributed by atoms with E-state index in [1.807, 2.05) is 20.0 Å². The molecule has 1 N–H and O–H groups in total. The number of carbonyl (C=O) groups is 1. The fourth-order valence-electron chi connectivity index (χ4n) is 4.17. The second-order valence-electron chi connectivity index (χ2n) is 7.69. The molecule has 1 aromatic heterocycles. The van der Waals surface area contributed by atoms with Gasteiger partial charge in [0.15, 0.2) is 0 Å². The molecule has 0 spiro atoms. The van der Waals surface area contributed by atoms with Gasteiger partial charge in [0.05, 0.1) is 5.54 Å². The number of hydrogen-bond donors (Lipinski definition) is 1. The van der Waals surface area contributed by atoms with Gasteiger partial charge < -0.3 is 10.2 Å². The second-order valence-corrected chi connectivity index (χ2v) is 7.69. The third kappa shape index (κ3) is 3.64. The Morgan fingerprint density at radius 3 is 2.60 bits per heavy atom. The van der Waals surface area contributed by atoms with Crippen LogP contribution in [0.2, 0.25) is 0 Å². The van der Waals surface area contributed by atoms with E-state index in [4.69, 9.17) is 0 Å². The van der Waals surface area contributed by atoms with Crippen LogP contribution in [-0.2, 0) is 4.79 Å². The highest BCUT2D eigenvalue weighted by Crippen LogP contribution is 2.32. The molecule has 25 heavy (non-hydrogen) atoms. The molecule has 3 heterocycles. The quantitative estimate of drug-likeness (QED) is 0.911. The van der Waals surface area contributed by atoms with Crippen molar-refractivity contribution in [2.75, 3.05) is 39.0 Å². The molecule has 2 aliphatic heterocycles. The van der Waals surface area contributed by atoms with Gasteiger partial charge in [-0.05, 0) is 59.5 Å². The van der Waals surface area contributed by atoms with Crippen molar-refractivity contribution in [3.8, 4) is 0 Å². The normalized spacial score (nSPS) is 25.8. The average molecular weight is 345 g/mol. The zero-order valence-corrected chi connectivity index (χ0v) is 16.0. The minimum Gasteiger partial charge on any atom is -0.373 e.